The molecule has 3 rings (SSSR count). The summed E-state index contributed by atoms with van der Waals surface area (Å²) in [5.74, 6) is -1.19. The number of amidine groups is 1. The molecule has 2 heterocycles. The van der Waals surface area contributed by atoms with Gasteiger partial charge in [0.05, 0.1) is 17.5 Å². The van der Waals surface area contributed by atoms with Gasteiger partial charge >= 0.3 is 5.97 Å². The van der Waals surface area contributed by atoms with Crippen LogP contribution in [0.15, 0.2) is 29.3 Å². The lowest BCUT2D eigenvalue weighted by molar-refractivity contribution is -0.137. The Kier molecular flexibility index (Phi) is 5.38. The summed E-state index contributed by atoms with van der Waals surface area (Å²) >= 11 is 1.32. The van der Waals surface area contributed by atoms with Crippen molar-refractivity contribution in [1.82, 2.24) is 0 Å². The molecule has 0 aromatic heterocycles. The van der Waals surface area contributed by atoms with Gasteiger partial charge in [-0.1, -0.05) is 30.0 Å². The van der Waals surface area contributed by atoms with Crippen molar-refractivity contribution in [2.24, 2.45) is 4.99 Å². The Morgan fingerprint density at radius 2 is 2.00 bits per heavy atom. The second-order valence-corrected chi connectivity index (χ2v) is 9.85. The van der Waals surface area contributed by atoms with Crippen LogP contribution in [0.25, 0.3) is 0 Å². The number of rotatable bonds is 5. The molecule has 2 fully saturated rings. The summed E-state index contributed by atoms with van der Waals surface area (Å²) in [6, 6.07) is 7.36. The number of hydrogen-bond acceptors (Lipinski definition) is 5. The van der Waals surface area contributed by atoms with Crippen LogP contribution >= 0.6 is 11.8 Å². The van der Waals surface area contributed by atoms with Gasteiger partial charge in [0, 0.05) is 23.8 Å². The van der Waals surface area contributed by atoms with E-state index >= 15 is 0 Å². The number of aliphatic imine (C=N–C) groups is 1. The minimum absolute atomic E-state index is 0.0469. The average Bonchev–Trinajstić information content (AvgIpc) is 2.98. The predicted molar refractivity (Wildman–Crippen MR) is 101 cm³/mol. The van der Waals surface area contributed by atoms with Gasteiger partial charge in [0.25, 0.3) is 0 Å². The number of para-hydroxylation sites is 1. The first kappa shape index (κ1) is 18.9. The summed E-state index contributed by atoms with van der Waals surface area (Å²) in [5, 5.41) is 9.03. The number of carboxylic acids is 1. The molecule has 1 aromatic carbocycles. The summed E-state index contributed by atoms with van der Waals surface area (Å²) in [4.78, 5) is 28.8. The lowest BCUT2D eigenvalue weighted by Crippen LogP contribution is -2.38. The van der Waals surface area contributed by atoms with Crippen molar-refractivity contribution >= 4 is 44.3 Å². The van der Waals surface area contributed by atoms with E-state index in [1.807, 2.05) is 36.1 Å². The van der Waals surface area contributed by atoms with Gasteiger partial charge in [-0.15, -0.1) is 0 Å². The molecular formula is C17H20N2O5S2. The highest BCUT2D eigenvalue weighted by molar-refractivity contribution is 8.16. The quantitative estimate of drug-likeness (QED) is 0.810. The first-order chi connectivity index (χ1) is 12.3. The third kappa shape index (κ3) is 4.09. The Hall–Kier alpha value is -1.87. The van der Waals surface area contributed by atoms with E-state index in [0.717, 1.165) is 11.3 Å². The van der Waals surface area contributed by atoms with Gasteiger partial charge in [-0.3, -0.25) is 9.59 Å². The first-order valence-corrected chi connectivity index (χ1v) is 11.0. The molecule has 2 aliphatic heterocycles. The lowest BCUT2D eigenvalue weighted by Gasteiger charge is -2.26. The van der Waals surface area contributed by atoms with Crippen LogP contribution in [0, 0.1) is 6.92 Å². The number of aryl methyl sites for hydroxylation is 1. The fraction of sp³-hybridized carbons (Fsp3) is 0.471. The number of hydrogen-bond donors (Lipinski definition) is 1. The number of fused-ring (bicyclic) bond motifs is 1. The highest BCUT2D eigenvalue weighted by atomic mass is 32.2. The minimum atomic E-state index is -3.10. The van der Waals surface area contributed by atoms with E-state index in [-0.39, 0.29) is 48.0 Å². The molecule has 1 N–H and O–H groups in total. The number of carboxylic acid groups (broad SMARTS) is 1. The van der Waals surface area contributed by atoms with Crippen LogP contribution in [0.3, 0.4) is 0 Å². The molecule has 140 valence electrons. The molecule has 0 unspecified atom stereocenters. The number of amides is 1. The largest absolute Gasteiger partial charge is 0.481 e. The topological polar surface area (TPSA) is 104 Å². The van der Waals surface area contributed by atoms with Crippen LogP contribution in [-0.4, -0.2) is 53.4 Å². The number of anilines is 1. The van der Waals surface area contributed by atoms with Gasteiger partial charge in [0.1, 0.15) is 0 Å². The average molecular weight is 396 g/mol. The van der Waals surface area contributed by atoms with E-state index in [9.17, 15) is 18.0 Å². The molecular weight excluding hydrogens is 376 g/mol. The van der Waals surface area contributed by atoms with E-state index in [2.05, 4.69) is 4.99 Å². The van der Waals surface area contributed by atoms with Crippen molar-refractivity contribution in [3.63, 3.8) is 0 Å². The van der Waals surface area contributed by atoms with Crippen LogP contribution in [0.1, 0.15) is 24.8 Å². The predicted octanol–water partition coefficient (Wildman–Crippen LogP) is 1.85. The standard InChI is InChI=1S/C17H20N2O5S2/c1-11-5-2-3-6-12(11)19-13-9-26(23,24)10-14(13)25-17(19)18-15(20)7-4-8-16(21)22/h2-3,5-6,13-14H,4,7-10H2,1H3,(H,21,22)/t13-,14-/m0/s1. The molecule has 0 aliphatic carbocycles. The van der Waals surface area contributed by atoms with Gasteiger partial charge in [0.15, 0.2) is 15.0 Å². The lowest BCUT2D eigenvalue weighted by atomic mass is 10.1. The van der Waals surface area contributed by atoms with E-state index in [1.165, 1.54) is 11.8 Å². The maximum Gasteiger partial charge on any atom is 0.303 e. The maximum atomic E-state index is 12.2. The minimum Gasteiger partial charge on any atom is -0.481 e. The van der Waals surface area contributed by atoms with Crippen molar-refractivity contribution < 1.29 is 23.1 Å². The van der Waals surface area contributed by atoms with Gasteiger partial charge < -0.3 is 10.0 Å². The van der Waals surface area contributed by atoms with Crippen molar-refractivity contribution in [1.29, 1.82) is 0 Å². The van der Waals surface area contributed by atoms with Crippen molar-refractivity contribution in [3.05, 3.63) is 29.8 Å². The monoisotopic (exact) mass is 396 g/mol. The zero-order valence-electron chi connectivity index (χ0n) is 14.3. The number of benzene rings is 1. The van der Waals surface area contributed by atoms with E-state index in [0.29, 0.717) is 5.17 Å². The smallest absolute Gasteiger partial charge is 0.303 e. The molecule has 1 amide bonds. The van der Waals surface area contributed by atoms with Gasteiger partial charge in [0.2, 0.25) is 5.91 Å². The Labute approximate surface area is 156 Å². The van der Waals surface area contributed by atoms with Gasteiger partial charge in [-0.05, 0) is 25.0 Å². The number of carbonyl (C=O) groups excluding carboxylic acids is 1. The SMILES string of the molecule is Cc1ccccc1N1C(=NC(=O)CCCC(=O)O)S[C@H]2CS(=O)(=O)C[C@@H]21. The van der Waals surface area contributed by atoms with Crippen molar-refractivity contribution in [3.8, 4) is 0 Å². The van der Waals surface area contributed by atoms with Gasteiger partial charge in [-0.2, -0.15) is 4.99 Å². The molecule has 0 saturated carbocycles. The second kappa shape index (κ2) is 7.40. The molecule has 0 bridgehead atoms. The van der Waals surface area contributed by atoms with Gasteiger partial charge in [-0.25, -0.2) is 8.42 Å². The molecule has 2 atom stereocenters. The molecule has 0 spiro atoms. The van der Waals surface area contributed by atoms with Crippen LogP contribution < -0.4 is 4.90 Å². The Bertz CT molecular complexity index is 866. The van der Waals surface area contributed by atoms with E-state index in [4.69, 9.17) is 5.11 Å². The zero-order chi connectivity index (χ0) is 18.9. The first-order valence-electron chi connectivity index (χ1n) is 8.32. The van der Waals surface area contributed by atoms with Crippen molar-refractivity contribution in [2.45, 2.75) is 37.5 Å². The maximum absolute atomic E-state index is 12.2. The Morgan fingerprint density at radius 3 is 2.69 bits per heavy atom. The number of nitrogens with zero attached hydrogens (tertiary/aromatic N) is 2. The Morgan fingerprint density at radius 1 is 1.27 bits per heavy atom. The molecule has 1 aromatic rings. The molecule has 0 radical (unpaired) electrons. The second-order valence-electron chi connectivity index (χ2n) is 6.49. The summed E-state index contributed by atoms with van der Waals surface area (Å²) in [6.45, 7) is 1.93. The number of sulfone groups is 1. The summed E-state index contributed by atoms with van der Waals surface area (Å²) < 4.78 is 24.1. The molecule has 9 heteroatoms. The normalized spacial score (nSPS) is 25.4. The molecule has 26 heavy (non-hydrogen) atoms. The number of carbonyl (C=O) groups is 2. The molecule has 2 saturated heterocycles. The number of aliphatic carboxylic acids is 1. The van der Waals surface area contributed by atoms with Crippen LogP contribution in [0.5, 0.6) is 0 Å². The molecule has 7 nitrogen and oxygen atoms in total. The third-order valence-corrected chi connectivity index (χ3v) is 7.65. The summed E-state index contributed by atoms with van der Waals surface area (Å²) in [6.07, 6.45) is 0.224. The molecule has 2 aliphatic rings. The van der Waals surface area contributed by atoms with E-state index < -0.39 is 15.8 Å². The fourth-order valence-electron chi connectivity index (χ4n) is 3.23. The Balaban J connectivity index is 1.87. The van der Waals surface area contributed by atoms with Crippen LogP contribution in [0.4, 0.5) is 5.69 Å². The van der Waals surface area contributed by atoms with E-state index in [1.54, 1.807) is 0 Å². The van der Waals surface area contributed by atoms with Crippen LogP contribution in [-0.2, 0) is 19.4 Å². The summed E-state index contributed by atoms with van der Waals surface area (Å²) in [5.41, 5.74) is 1.82. The number of thioether (sulfide) groups is 1. The third-order valence-electron chi connectivity index (χ3n) is 4.44. The zero-order valence-corrected chi connectivity index (χ0v) is 15.9. The van der Waals surface area contributed by atoms with Crippen LogP contribution in [0.2, 0.25) is 0 Å². The highest BCUT2D eigenvalue weighted by Gasteiger charge is 2.49. The summed E-state index contributed by atoms with van der Waals surface area (Å²) in [7, 11) is -3.10. The van der Waals surface area contributed by atoms with Crippen molar-refractivity contribution in [2.75, 3.05) is 16.4 Å². The fourth-order valence-corrected chi connectivity index (χ4v) is 7.16. The highest BCUT2D eigenvalue weighted by Crippen LogP contribution is 2.41.